The van der Waals surface area contributed by atoms with Crippen LogP contribution >= 0.6 is 0 Å². The lowest BCUT2D eigenvalue weighted by Gasteiger charge is -2.21. The third-order valence-electron chi connectivity index (χ3n) is 5.74. The van der Waals surface area contributed by atoms with Gasteiger partial charge in [0.25, 0.3) is 5.91 Å². The van der Waals surface area contributed by atoms with Crippen LogP contribution in [0.4, 0.5) is 10.2 Å². The number of carbonyl (C=O) groups is 1. The summed E-state index contributed by atoms with van der Waals surface area (Å²) in [7, 11) is -3.73. The maximum absolute atomic E-state index is 14.9. The van der Waals surface area contributed by atoms with Crippen LogP contribution in [-0.2, 0) is 16.4 Å². The fourth-order valence-electron chi connectivity index (χ4n) is 3.78. The number of fused-ring (bicyclic) bond motifs is 1. The molecule has 0 radical (unpaired) electrons. The van der Waals surface area contributed by atoms with E-state index in [1.807, 2.05) is 24.3 Å². The molecule has 0 fully saturated rings. The van der Waals surface area contributed by atoms with Crippen LogP contribution in [0.2, 0.25) is 0 Å². The highest BCUT2D eigenvalue weighted by Crippen LogP contribution is 2.30. The van der Waals surface area contributed by atoms with Gasteiger partial charge in [0.1, 0.15) is 28.9 Å². The quantitative estimate of drug-likeness (QED) is 0.626. The zero-order chi connectivity index (χ0) is 23.8. The van der Waals surface area contributed by atoms with Crippen LogP contribution in [0.15, 0.2) is 53.6 Å². The van der Waals surface area contributed by atoms with Gasteiger partial charge in [-0.05, 0) is 54.4 Å². The number of nitrogens with two attached hydrogens (primary N) is 1. The molecule has 2 N–H and O–H groups in total. The number of rotatable bonds is 4. The minimum Gasteiger partial charge on any atom is -0.491 e. The van der Waals surface area contributed by atoms with Crippen molar-refractivity contribution in [3.05, 3.63) is 71.2 Å². The van der Waals surface area contributed by atoms with Crippen molar-refractivity contribution in [2.24, 2.45) is 0 Å². The summed E-state index contributed by atoms with van der Waals surface area (Å²) in [5, 5.41) is 0. The van der Waals surface area contributed by atoms with Gasteiger partial charge >= 0.3 is 0 Å². The molecule has 0 saturated carbocycles. The number of nitrogen functional groups attached to an aromatic ring is 1. The van der Waals surface area contributed by atoms with E-state index >= 15 is 0 Å². The molecule has 33 heavy (non-hydrogen) atoms. The minimum atomic E-state index is -3.73. The summed E-state index contributed by atoms with van der Waals surface area (Å²) in [6.07, 6.45) is 1.68. The third-order valence-corrected chi connectivity index (χ3v) is 7.49. The maximum atomic E-state index is 14.9. The van der Waals surface area contributed by atoms with Crippen LogP contribution in [0, 0.1) is 12.7 Å². The number of hydrogen-bond acceptors (Lipinski definition) is 6. The molecular weight excluding hydrogens is 445 g/mol. The Morgan fingerprint density at radius 2 is 1.94 bits per heavy atom. The second kappa shape index (κ2) is 8.82. The first-order valence-corrected chi connectivity index (χ1v) is 12.1. The van der Waals surface area contributed by atoms with Crippen LogP contribution in [0.5, 0.6) is 5.75 Å². The van der Waals surface area contributed by atoms with Crippen LogP contribution in [0.3, 0.4) is 0 Å². The zero-order valence-corrected chi connectivity index (χ0v) is 19.2. The molecule has 2 heterocycles. The normalized spacial score (nSPS) is 13.7. The van der Waals surface area contributed by atoms with E-state index < -0.39 is 15.7 Å². The molecule has 172 valence electrons. The second-order valence-corrected chi connectivity index (χ2v) is 10.1. The Morgan fingerprint density at radius 1 is 1.18 bits per heavy atom. The largest absolute Gasteiger partial charge is 0.491 e. The molecule has 0 atom stereocenters. The van der Waals surface area contributed by atoms with E-state index in [1.165, 1.54) is 26.0 Å². The molecular formula is C24H24FN3O4S. The molecule has 7 nitrogen and oxygen atoms in total. The van der Waals surface area contributed by atoms with Crippen molar-refractivity contribution in [1.29, 1.82) is 0 Å². The van der Waals surface area contributed by atoms with E-state index in [0.29, 0.717) is 18.1 Å². The molecule has 0 aliphatic carbocycles. The molecule has 1 aromatic heterocycles. The third kappa shape index (κ3) is 4.41. The molecule has 0 unspecified atom stereocenters. The zero-order valence-electron chi connectivity index (χ0n) is 18.3. The van der Waals surface area contributed by atoms with Gasteiger partial charge in [-0.3, -0.25) is 4.79 Å². The first-order valence-electron chi connectivity index (χ1n) is 10.5. The molecule has 0 saturated heterocycles. The van der Waals surface area contributed by atoms with Crippen LogP contribution in [0.1, 0.15) is 28.4 Å². The maximum Gasteiger partial charge on any atom is 0.254 e. The molecule has 1 aliphatic heterocycles. The fourth-order valence-corrected chi connectivity index (χ4v) is 4.79. The summed E-state index contributed by atoms with van der Waals surface area (Å²) >= 11 is 0. The average molecular weight is 470 g/mol. The number of benzene rings is 2. The van der Waals surface area contributed by atoms with E-state index in [2.05, 4.69) is 4.98 Å². The molecule has 0 bridgehead atoms. The van der Waals surface area contributed by atoms with E-state index in [4.69, 9.17) is 10.5 Å². The Balaban J connectivity index is 1.65. The number of sulfone groups is 1. The molecule has 1 amide bonds. The molecule has 4 rings (SSSR count). The summed E-state index contributed by atoms with van der Waals surface area (Å²) < 4.78 is 45.0. The van der Waals surface area contributed by atoms with Gasteiger partial charge in [0.15, 0.2) is 9.84 Å². The van der Waals surface area contributed by atoms with Crippen molar-refractivity contribution < 1.29 is 22.3 Å². The Morgan fingerprint density at radius 3 is 2.64 bits per heavy atom. The van der Waals surface area contributed by atoms with Gasteiger partial charge in [-0.2, -0.15) is 0 Å². The molecule has 9 heteroatoms. The van der Waals surface area contributed by atoms with Crippen molar-refractivity contribution in [1.82, 2.24) is 9.88 Å². The van der Waals surface area contributed by atoms with Crippen molar-refractivity contribution in [2.45, 2.75) is 25.3 Å². The number of ether oxygens (including phenoxy) is 1. The van der Waals surface area contributed by atoms with Crippen molar-refractivity contribution in [2.75, 3.05) is 24.6 Å². The van der Waals surface area contributed by atoms with Crippen molar-refractivity contribution in [3.8, 4) is 16.9 Å². The van der Waals surface area contributed by atoms with E-state index in [1.54, 1.807) is 17.2 Å². The Hall–Kier alpha value is -3.46. The molecule has 2 aromatic carbocycles. The number of anilines is 1. The average Bonchev–Trinajstić information content (AvgIpc) is 3.02. The SMILES string of the molecule is CCS(=O)(=O)c1ccc(C(=O)N2CCOc3ccc(-c4ccc(N)nc4)cc3C2)c(C)c1F. The molecule has 0 spiro atoms. The lowest BCUT2D eigenvalue weighted by atomic mass is 10.0. The van der Waals surface area contributed by atoms with Crippen molar-refractivity contribution >= 4 is 21.6 Å². The van der Waals surface area contributed by atoms with Crippen molar-refractivity contribution in [3.63, 3.8) is 0 Å². The van der Waals surface area contributed by atoms with Gasteiger partial charge in [0, 0.05) is 29.4 Å². The number of aromatic nitrogens is 1. The summed E-state index contributed by atoms with van der Waals surface area (Å²) in [6.45, 7) is 3.73. The predicted octanol–water partition coefficient (Wildman–Crippen LogP) is 3.61. The number of amides is 1. The van der Waals surface area contributed by atoms with E-state index in [-0.39, 0.29) is 40.8 Å². The summed E-state index contributed by atoms with van der Waals surface area (Å²) in [6, 6.07) is 11.8. The van der Waals surface area contributed by atoms with Crippen LogP contribution in [-0.4, -0.2) is 43.1 Å². The van der Waals surface area contributed by atoms with Gasteiger partial charge in [0.05, 0.1) is 12.3 Å². The number of pyridine rings is 1. The van der Waals surface area contributed by atoms with Crippen LogP contribution < -0.4 is 10.5 Å². The lowest BCUT2D eigenvalue weighted by molar-refractivity contribution is 0.0731. The minimum absolute atomic E-state index is 0.0154. The first kappa shape index (κ1) is 22.7. The Kier molecular flexibility index (Phi) is 6.07. The summed E-state index contributed by atoms with van der Waals surface area (Å²) in [5.41, 5.74) is 8.39. The monoisotopic (exact) mass is 469 g/mol. The Bertz CT molecular complexity index is 1320. The molecule has 3 aromatic rings. The number of nitrogens with zero attached hydrogens (tertiary/aromatic N) is 2. The highest BCUT2D eigenvalue weighted by atomic mass is 32.2. The topological polar surface area (TPSA) is 103 Å². The summed E-state index contributed by atoms with van der Waals surface area (Å²) in [4.78, 5) is 18.6. The van der Waals surface area contributed by atoms with Gasteiger partial charge in [-0.25, -0.2) is 17.8 Å². The fraction of sp³-hybridized carbons (Fsp3) is 0.250. The lowest BCUT2D eigenvalue weighted by Crippen LogP contribution is -2.33. The van der Waals surface area contributed by atoms with Gasteiger partial charge in [0.2, 0.25) is 0 Å². The predicted molar refractivity (Wildman–Crippen MR) is 123 cm³/mol. The number of hydrogen-bond donors (Lipinski definition) is 1. The second-order valence-electron chi connectivity index (χ2n) is 7.82. The van der Waals surface area contributed by atoms with E-state index in [9.17, 15) is 17.6 Å². The highest BCUT2D eigenvalue weighted by molar-refractivity contribution is 7.91. The first-order chi connectivity index (χ1) is 15.7. The number of halogens is 1. The van der Waals surface area contributed by atoms with E-state index in [0.717, 1.165) is 16.7 Å². The Labute approximate surface area is 191 Å². The van der Waals surface area contributed by atoms with Gasteiger partial charge < -0.3 is 15.4 Å². The van der Waals surface area contributed by atoms with Crippen LogP contribution in [0.25, 0.3) is 11.1 Å². The smallest absolute Gasteiger partial charge is 0.254 e. The number of carbonyl (C=O) groups excluding carboxylic acids is 1. The summed E-state index contributed by atoms with van der Waals surface area (Å²) in [5.74, 6) is -0.392. The standard InChI is InChI=1S/C24H24FN3O4S/c1-3-33(30,31)21-8-6-19(15(2)23(21)25)24(29)28-10-11-32-20-7-4-16(12-18(20)14-28)17-5-9-22(26)27-13-17/h4-9,12-13H,3,10-11,14H2,1-2H3,(H2,26,27). The van der Waals surface area contributed by atoms with Gasteiger partial charge in [-0.1, -0.05) is 13.0 Å². The van der Waals surface area contributed by atoms with Gasteiger partial charge in [-0.15, -0.1) is 0 Å². The highest BCUT2D eigenvalue weighted by Gasteiger charge is 2.26. The molecule has 1 aliphatic rings.